The van der Waals surface area contributed by atoms with Crippen molar-refractivity contribution in [2.75, 3.05) is 41.8 Å². The van der Waals surface area contributed by atoms with Crippen LogP contribution in [0, 0.1) is 5.92 Å². The van der Waals surface area contributed by atoms with Gasteiger partial charge in [-0.1, -0.05) is 19.1 Å². The predicted molar refractivity (Wildman–Crippen MR) is 199 cm³/mol. The van der Waals surface area contributed by atoms with Gasteiger partial charge in [-0.05, 0) is 101 Å². The summed E-state index contributed by atoms with van der Waals surface area (Å²) in [5.74, 6) is -1.20. The summed E-state index contributed by atoms with van der Waals surface area (Å²) in [6, 6.07) is 12.1. The summed E-state index contributed by atoms with van der Waals surface area (Å²) in [5, 5.41) is 22.4. The number of ether oxygens (including phenoxy) is 1. The quantitative estimate of drug-likeness (QED) is 0.201. The third kappa shape index (κ3) is 6.80. The molecule has 5 heterocycles. The molecule has 5 aliphatic heterocycles. The number of hydrogen-bond donors (Lipinski definition) is 6. The van der Waals surface area contributed by atoms with Crippen LogP contribution in [0.15, 0.2) is 42.5 Å². The number of aliphatic hydroxyl groups is 1. The van der Waals surface area contributed by atoms with Gasteiger partial charge >= 0.3 is 0 Å². The Morgan fingerprint density at radius 3 is 2.25 bits per heavy atom. The Bertz CT molecular complexity index is 1710. The van der Waals surface area contributed by atoms with Gasteiger partial charge in [-0.3, -0.25) is 19.2 Å². The van der Waals surface area contributed by atoms with Gasteiger partial charge in [0, 0.05) is 34.9 Å². The highest BCUT2D eigenvalue weighted by molar-refractivity contribution is 6.71. The normalized spacial score (nSPS) is 30.0. The number of benzene rings is 2. The summed E-state index contributed by atoms with van der Waals surface area (Å²) >= 11 is 0. The Labute approximate surface area is 306 Å². The SMILES string of the molecule is C[C@@H]1[C@@H]([Si](C)(C)O)[C@H](CC(=O)N2CCC[C@H]2CO)O[C@@]12C(=O)N(Cc1cccc(NC(=O)[C@H]3CCCN3)c1)c1ccc(NC(=O)[C@H]3CCCN3)cc12. The van der Waals surface area contributed by atoms with E-state index in [9.17, 15) is 24.3 Å². The second kappa shape index (κ2) is 14.6. The van der Waals surface area contributed by atoms with Crippen molar-refractivity contribution in [3.05, 3.63) is 53.6 Å². The standard InChI is InChI=1S/C38H52N6O7Si/c1-23-34(52(2,3)50)32(20-33(46)43-17-7-10-27(43)22-45)51-38(23)28-19-26(42-36(48)30-12-6-16-40-30)13-14-31(28)44(37(38)49)21-24-8-4-9-25(18-24)41-35(47)29-11-5-15-39-29/h4,8-9,13-14,18-19,23,27,29-30,32,34,39-40,45,50H,5-7,10-12,15-17,20-22H2,1-3H3,(H,41,47)(H,42,48)/t23-,27+,29-,30-,32+,34-,38+/m1/s1. The van der Waals surface area contributed by atoms with Crippen molar-refractivity contribution >= 4 is 49.0 Å². The minimum atomic E-state index is -3.05. The Balaban J connectivity index is 1.23. The summed E-state index contributed by atoms with van der Waals surface area (Å²) in [4.78, 5) is 70.0. The molecule has 4 saturated heterocycles. The predicted octanol–water partition coefficient (Wildman–Crippen LogP) is 2.79. The van der Waals surface area contributed by atoms with E-state index < -0.39 is 31.5 Å². The largest absolute Gasteiger partial charge is 0.432 e. The number of likely N-dealkylation sites (tertiary alicyclic amines) is 1. The van der Waals surface area contributed by atoms with E-state index in [1.807, 2.05) is 56.4 Å². The first-order chi connectivity index (χ1) is 24.9. The fourth-order valence-electron chi connectivity index (χ4n) is 9.36. The molecule has 0 aliphatic carbocycles. The van der Waals surface area contributed by atoms with Crippen molar-refractivity contribution in [3.8, 4) is 0 Å². The maximum absolute atomic E-state index is 15.1. The van der Waals surface area contributed by atoms with Gasteiger partial charge in [0.1, 0.15) is 0 Å². The molecular formula is C38H52N6O7Si. The molecule has 280 valence electrons. The number of carbonyl (C=O) groups is 4. The van der Waals surface area contributed by atoms with Crippen LogP contribution in [-0.4, -0.2) is 97.2 Å². The molecule has 2 aromatic carbocycles. The van der Waals surface area contributed by atoms with Gasteiger partial charge < -0.3 is 45.7 Å². The van der Waals surface area contributed by atoms with Crippen LogP contribution in [-0.2, 0) is 36.1 Å². The van der Waals surface area contributed by atoms with Crippen LogP contribution >= 0.6 is 0 Å². The van der Waals surface area contributed by atoms with Gasteiger partial charge in [-0.15, -0.1) is 0 Å². The summed E-state index contributed by atoms with van der Waals surface area (Å²) in [5.41, 5.74) is 1.20. The van der Waals surface area contributed by atoms with E-state index in [2.05, 4.69) is 21.3 Å². The van der Waals surface area contributed by atoms with E-state index in [1.165, 1.54) is 0 Å². The number of carbonyl (C=O) groups excluding carboxylic acids is 4. The van der Waals surface area contributed by atoms with Crippen molar-refractivity contribution in [1.29, 1.82) is 0 Å². The molecule has 7 atom stereocenters. The Hall–Kier alpha value is -3.66. The molecule has 0 saturated carbocycles. The number of nitrogens with one attached hydrogen (secondary N) is 4. The molecule has 0 bridgehead atoms. The fourth-order valence-corrected chi connectivity index (χ4v) is 11.9. The van der Waals surface area contributed by atoms with Crippen LogP contribution in [0.4, 0.5) is 17.1 Å². The first-order valence-electron chi connectivity index (χ1n) is 18.8. The first-order valence-corrected chi connectivity index (χ1v) is 21.9. The van der Waals surface area contributed by atoms with Crippen molar-refractivity contribution in [2.45, 2.75) is 107 Å². The lowest BCUT2D eigenvalue weighted by atomic mass is 9.82. The zero-order chi connectivity index (χ0) is 36.8. The highest BCUT2D eigenvalue weighted by Gasteiger charge is 2.66. The topological polar surface area (TPSA) is 173 Å². The van der Waals surface area contributed by atoms with Gasteiger partial charge in [0.25, 0.3) is 5.91 Å². The van der Waals surface area contributed by atoms with Gasteiger partial charge in [-0.25, -0.2) is 0 Å². The molecule has 0 radical (unpaired) electrons. The molecule has 13 nitrogen and oxygen atoms in total. The van der Waals surface area contributed by atoms with Crippen molar-refractivity contribution in [3.63, 3.8) is 0 Å². The molecular weight excluding hydrogens is 681 g/mol. The number of rotatable bonds is 10. The first kappa shape index (κ1) is 36.7. The van der Waals surface area contributed by atoms with Gasteiger partial charge in [0.15, 0.2) is 13.9 Å². The lowest BCUT2D eigenvalue weighted by Gasteiger charge is -2.33. The summed E-state index contributed by atoms with van der Waals surface area (Å²) in [6.45, 7) is 7.79. The average molecular weight is 733 g/mol. The molecule has 4 fully saturated rings. The zero-order valence-electron chi connectivity index (χ0n) is 30.3. The second-order valence-corrected chi connectivity index (χ2v) is 19.7. The third-order valence-electron chi connectivity index (χ3n) is 11.8. The number of hydrogen-bond acceptors (Lipinski definition) is 9. The van der Waals surface area contributed by atoms with Gasteiger partial charge in [0.2, 0.25) is 17.7 Å². The Morgan fingerprint density at radius 2 is 1.63 bits per heavy atom. The number of nitrogens with zero attached hydrogens (tertiary/aromatic N) is 2. The van der Waals surface area contributed by atoms with Gasteiger partial charge in [-0.2, -0.15) is 0 Å². The third-order valence-corrected chi connectivity index (χ3v) is 14.3. The van der Waals surface area contributed by atoms with E-state index >= 15 is 4.79 Å². The lowest BCUT2D eigenvalue weighted by molar-refractivity contribution is -0.150. The van der Waals surface area contributed by atoms with E-state index in [4.69, 9.17) is 4.74 Å². The molecule has 1 spiro atoms. The Kier molecular flexibility index (Phi) is 10.3. The summed E-state index contributed by atoms with van der Waals surface area (Å²) in [7, 11) is -3.05. The van der Waals surface area contributed by atoms with Gasteiger partial charge in [0.05, 0.1) is 49.5 Å². The van der Waals surface area contributed by atoms with E-state index in [-0.39, 0.29) is 61.3 Å². The number of anilines is 3. The van der Waals surface area contributed by atoms with Crippen LogP contribution in [0.2, 0.25) is 18.6 Å². The maximum atomic E-state index is 15.1. The van der Waals surface area contributed by atoms with Crippen LogP contribution < -0.4 is 26.2 Å². The van der Waals surface area contributed by atoms with E-state index in [1.54, 1.807) is 15.9 Å². The average Bonchev–Trinajstić information content (AvgIpc) is 3.95. The Morgan fingerprint density at radius 1 is 0.962 bits per heavy atom. The van der Waals surface area contributed by atoms with Crippen LogP contribution in [0.3, 0.4) is 0 Å². The summed E-state index contributed by atoms with van der Waals surface area (Å²) < 4.78 is 6.94. The monoisotopic (exact) mass is 732 g/mol. The molecule has 0 aromatic heterocycles. The molecule has 2 aromatic rings. The van der Waals surface area contributed by atoms with E-state index in [0.29, 0.717) is 29.2 Å². The molecule has 0 unspecified atom stereocenters. The number of amides is 4. The second-order valence-electron chi connectivity index (χ2n) is 15.7. The summed E-state index contributed by atoms with van der Waals surface area (Å²) in [6.07, 6.45) is 4.17. The van der Waals surface area contributed by atoms with Crippen LogP contribution in [0.25, 0.3) is 0 Å². The molecule has 5 aliphatic rings. The van der Waals surface area contributed by atoms with E-state index in [0.717, 1.165) is 57.2 Å². The van der Waals surface area contributed by atoms with Crippen molar-refractivity contribution < 1.29 is 33.8 Å². The fraction of sp³-hybridized carbons (Fsp3) is 0.579. The molecule has 6 N–H and O–H groups in total. The molecule has 4 amide bonds. The maximum Gasteiger partial charge on any atom is 0.264 e. The number of aliphatic hydroxyl groups excluding tert-OH is 1. The van der Waals surface area contributed by atoms with Crippen LogP contribution in [0.1, 0.15) is 63.0 Å². The lowest BCUT2D eigenvalue weighted by Crippen LogP contribution is -2.46. The molecule has 14 heteroatoms. The molecule has 7 rings (SSSR count). The molecule has 52 heavy (non-hydrogen) atoms. The van der Waals surface area contributed by atoms with Crippen molar-refractivity contribution in [2.24, 2.45) is 5.92 Å². The van der Waals surface area contributed by atoms with Crippen LogP contribution in [0.5, 0.6) is 0 Å². The van der Waals surface area contributed by atoms with Crippen molar-refractivity contribution in [1.82, 2.24) is 15.5 Å². The zero-order valence-corrected chi connectivity index (χ0v) is 31.3. The minimum Gasteiger partial charge on any atom is -0.432 e. The minimum absolute atomic E-state index is 0.0196. The smallest absolute Gasteiger partial charge is 0.264 e. The number of fused-ring (bicyclic) bond motifs is 2. The highest BCUT2D eigenvalue weighted by Crippen LogP contribution is 2.60. The highest BCUT2D eigenvalue weighted by atomic mass is 28.4.